The molecule has 0 bridgehead atoms. The second kappa shape index (κ2) is 8.50. The van der Waals surface area contributed by atoms with Crippen LogP contribution in [0, 0.1) is 18.8 Å². The Morgan fingerprint density at radius 2 is 1.96 bits per heavy atom. The van der Waals surface area contributed by atoms with Gasteiger partial charge >= 0.3 is 6.09 Å². The number of anilines is 1. The van der Waals surface area contributed by atoms with Gasteiger partial charge in [0.15, 0.2) is 0 Å². The standard InChI is InChI=1S/C19H20N2O2/c1-15-17(11-7-12-18(15)20)10-5-6-13-21-19(22)23-14-16-8-3-2-4-9-16/h2-4,7-9,11-12H,6,13-14,20H2,1H3,(H,21,22). The van der Waals surface area contributed by atoms with Gasteiger partial charge in [0.25, 0.3) is 0 Å². The van der Waals surface area contributed by atoms with Crippen LogP contribution in [-0.2, 0) is 11.3 Å². The Balaban J connectivity index is 1.70. The third-order valence-electron chi connectivity index (χ3n) is 3.33. The van der Waals surface area contributed by atoms with Gasteiger partial charge in [-0.15, -0.1) is 0 Å². The molecule has 3 N–H and O–H groups in total. The van der Waals surface area contributed by atoms with Crippen LogP contribution in [0.15, 0.2) is 48.5 Å². The van der Waals surface area contributed by atoms with E-state index < -0.39 is 6.09 Å². The fourth-order valence-corrected chi connectivity index (χ4v) is 1.95. The van der Waals surface area contributed by atoms with Gasteiger partial charge in [0, 0.05) is 24.2 Å². The molecule has 0 aromatic heterocycles. The van der Waals surface area contributed by atoms with Gasteiger partial charge in [-0.25, -0.2) is 4.79 Å². The van der Waals surface area contributed by atoms with Crippen molar-refractivity contribution in [2.45, 2.75) is 20.0 Å². The van der Waals surface area contributed by atoms with Crippen LogP contribution in [0.4, 0.5) is 10.5 Å². The van der Waals surface area contributed by atoms with Gasteiger partial charge in [-0.1, -0.05) is 48.2 Å². The molecule has 23 heavy (non-hydrogen) atoms. The van der Waals surface area contributed by atoms with E-state index in [9.17, 15) is 4.79 Å². The largest absolute Gasteiger partial charge is 0.445 e. The predicted octanol–water partition coefficient (Wildman–Crippen LogP) is 3.25. The number of carbonyl (C=O) groups excluding carboxylic acids is 1. The lowest BCUT2D eigenvalue weighted by atomic mass is 10.1. The number of hydrogen-bond donors (Lipinski definition) is 2. The first kappa shape index (κ1) is 16.4. The Bertz CT molecular complexity index is 715. The van der Waals surface area contributed by atoms with Crippen LogP contribution < -0.4 is 11.1 Å². The lowest BCUT2D eigenvalue weighted by Crippen LogP contribution is -2.24. The van der Waals surface area contributed by atoms with Crippen molar-refractivity contribution in [3.8, 4) is 11.8 Å². The lowest BCUT2D eigenvalue weighted by molar-refractivity contribution is 0.140. The van der Waals surface area contributed by atoms with Crippen molar-refractivity contribution >= 4 is 11.8 Å². The monoisotopic (exact) mass is 308 g/mol. The number of nitrogens with two attached hydrogens (primary N) is 1. The summed E-state index contributed by atoms with van der Waals surface area (Å²) >= 11 is 0. The molecule has 1 amide bonds. The summed E-state index contributed by atoms with van der Waals surface area (Å²) in [5.74, 6) is 6.09. The van der Waals surface area contributed by atoms with Gasteiger partial charge in [-0.05, 0) is 30.2 Å². The highest BCUT2D eigenvalue weighted by molar-refractivity contribution is 5.67. The van der Waals surface area contributed by atoms with E-state index in [0.717, 1.165) is 22.4 Å². The molecule has 0 spiro atoms. The molecular weight excluding hydrogens is 288 g/mol. The number of rotatable bonds is 4. The highest BCUT2D eigenvalue weighted by atomic mass is 16.5. The van der Waals surface area contributed by atoms with Gasteiger partial charge < -0.3 is 15.8 Å². The van der Waals surface area contributed by atoms with E-state index in [1.165, 1.54) is 0 Å². The maximum absolute atomic E-state index is 11.6. The molecule has 0 atom stereocenters. The highest BCUT2D eigenvalue weighted by Crippen LogP contribution is 2.13. The number of ether oxygens (including phenoxy) is 1. The Labute approximate surface area is 136 Å². The van der Waals surface area contributed by atoms with Crippen molar-refractivity contribution in [2.24, 2.45) is 0 Å². The Morgan fingerprint density at radius 3 is 2.74 bits per heavy atom. The molecule has 4 nitrogen and oxygen atoms in total. The molecule has 2 aromatic carbocycles. The van der Waals surface area contributed by atoms with Crippen LogP contribution in [0.2, 0.25) is 0 Å². The summed E-state index contributed by atoms with van der Waals surface area (Å²) in [6.45, 7) is 2.65. The predicted molar refractivity (Wildman–Crippen MR) is 91.7 cm³/mol. The topological polar surface area (TPSA) is 64.3 Å². The number of amides is 1. The molecule has 0 radical (unpaired) electrons. The molecule has 0 aliphatic heterocycles. The van der Waals surface area contributed by atoms with Gasteiger partial charge in [-0.2, -0.15) is 0 Å². The van der Waals surface area contributed by atoms with Crippen molar-refractivity contribution in [1.82, 2.24) is 5.32 Å². The van der Waals surface area contributed by atoms with Gasteiger partial charge in [0.1, 0.15) is 6.61 Å². The maximum Gasteiger partial charge on any atom is 0.407 e. The van der Waals surface area contributed by atoms with Crippen LogP contribution >= 0.6 is 0 Å². The van der Waals surface area contributed by atoms with E-state index in [-0.39, 0.29) is 6.61 Å². The summed E-state index contributed by atoms with van der Waals surface area (Å²) in [7, 11) is 0. The summed E-state index contributed by atoms with van der Waals surface area (Å²) < 4.78 is 5.11. The van der Waals surface area contributed by atoms with E-state index in [0.29, 0.717) is 13.0 Å². The molecule has 2 rings (SSSR count). The quantitative estimate of drug-likeness (QED) is 0.518. The first-order chi connectivity index (χ1) is 11.2. The SMILES string of the molecule is Cc1c(N)cccc1C#CCCNC(=O)OCc1ccccc1. The molecule has 0 heterocycles. The van der Waals surface area contributed by atoms with E-state index in [2.05, 4.69) is 17.2 Å². The summed E-state index contributed by atoms with van der Waals surface area (Å²) in [5.41, 5.74) is 9.42. The Morgan fingerprint density at radius 1 is 1.17 bits per heavy atom. The van der Waals surface area contributed by atoms with Gasteiger partial charge in [0.2, 0.25) is 0 Å². The number of hydrogen-bond acceptors (Lipinski definition) is 3. The minimum atomic E-state index is -0.434. The van der Waals surface area contributed by atoms with Gasteiger partial charge in [0.05, 0.1) is 0 Å². The van der Waals surface area contributed by atoms with E-state index in [1.807, 2.05) is 55.5 Å². The third-order valence-corrected chi connectivity index (χ3v) is 3.33. The second-order valence-electron chi connectivity index (χ2n) is 5.06. The smallest absolute Gasteiger partial charge is 0.407 e. The fraction of sp³-hybridized carbons (Fsp3) is 0.211. The highest BCUT2D eigenvalue weighted by Gasteiger charge is 2.01. The molecule has 0 saturated heterocycles. The first-order valence-corrected chi connectivity index (χ1v) is 7.45. The van der Waals surface area contributed by atoms with E-state index >= 15 is 0 Å². The molecule has 2 aromatic rings. The number of nitrogens with one attached hydrogen (secondary N) is 1. The molecular formula is C19H20N2O2. The van der Waals surface area contributed by atoms with Crippen LogP contribution in [0.25, 0.3) is 0 Å². The zero-order chi connectivity index (χ0) is 16.5. The minimum Gasteiger partial charge on any atom is -0.445 e. The number of alkyl carbamates (subject to hydrolysis) is 1. The molecule has 118 valence electrons. The average Bonchev–Trinajstić information content (AvgIpc) is 2.57. The minimum absolute atomic E-state index is 0.265. The van der Waals surface area contributed by atoms with Crippen molar-refractivity contribution in [2.75, 3.05) is 12.3 Å². The van der Waals surface area contributed by atoms with Crippen molar-refractivity contribution in [3.05, 3.63) is 65.2 Å². The molecule has 4 heteroatoms. The van der Waals surface area contributed by atoms with Crippen molar-refractivity contribution in [1.29, 1.82) is 0 Å². The Hall–Kier alpha value is -2.93. The summed E-state index contributed by atoms with van der Waals surface area (Å²) in [6.07, 6.45) is 0.116. The van der Waals surface area contributed by atoms with Crippen LogP contribution in [0.5, 0.6) is 0 Å². The zero-order valence-corrected chi connectivity index (χ0v) is 13.1. The summed E-state index contributed by atoms with van der Waals surface area (Å²) in [6, 6.07) is 15.2. The van der Waals surface area contributed by atoms with E-state index in [4.69, 9.17) is 10.5 Å². The van der Waals surface area contributed by atoms with Crippen molar-refractivity contribution in [3.63, 3.8) is 0 Å². The molecule has 0 saturated carbocycles. The molecule has 0 aliphatic rings. The molecule has 0 aliphatic carbocycles. The second-order valence-corrected chi connectivity index (χ2v) is 5.06. The number of benzene rings is 2. The van der Waals surface area contributed by atoms with Gasteiger partial charge in [-0.3, -0.25) is 0 Å². The number of nitrogen functional groups attached to an aromatic ring is 1. The van der Waals surface area contributed by atoms with Crippen LogP contribution in [-0.4, -0.2) is 12.6 Å². The zero-order valence-electron chi connectivity index (χ0n) is 13.1. The first-order valence-electron chi connectivity index (χ1n) is 7.45. The number of carbonyl (C=O) groups is 1. The summed E-state index contributed by atoms with van der Waals surface area (Å²) in [5, 5.41) is 2.68. The maximum atomic E-state index is 11.6. The normalized spacial score (nSPS) is 9.61. The van der Waals surface area contributed by atoms with Crippen LogP contribution in [0.1, 0.15) is 23.1 Å². The molecule has 0 fully saturated rings. The average molecular weight is 308 g/mol. The third kappa shape index (κ3) is 5.40. The Kier molecular flexibility index (Phi) is 6.07. The van der Waals surface area contributed by atoms with Crippen LogP contribution in [0.3, 0.4) is 0 Å². The lowest BCUT2D eigenvalue weighted by Gasteiger charge is -2.05. The van der Waals surface area contributed by atoms with E-state index in [1.54, 1.807) is 0 Å². The summed E-state index contributed by atoms with van der Waals surface area (Å²) in [4.78, 5) is 11.6. The molecule has 0 unspecified atom stereocenters. The van der Waals surface area contributed by atoms with Crippen molar-refractivity contribution < 1.29 is 9.53 Å². The fourth-order valence-electron chi connectivity index (χ4n) is 1.95.